The minimum absolute atomic E-state index is 0.0325. The minimum atomic E-state index is -1.59. The van der Waals surface area contributed by atoms with Crippen molar-refractivity contribution in [3.05, 3.63) is 40.4 Å². The van der Waals surface area contributed by atoms with Crippen molar-refractivity contribution in [2.24, 2.45) is 11.8 Å². The van der Waals surface area contributed by atoms with E-state index in [9.17, 15) is 34.8 Å². The number of rotatable bonds is 17. The van der Waals surface area contributed by atoms with E-state index in [4.69, 9.17) is 21.1 Å². The Kier molecular flexibility index (Phi) is 14.7. The van der Waals surface area contributed by atoms with Crippen molar-refractivity contribution >= 4 is 29.3 Å². The molecular weight excluding hydrogens is 530 g/mol. The number of benzene rings is 1. The number of Topliss-reactive ketones (excluding diaryl/α,β-unsaturated/α-hetero) is 1. The van der Waals surface area contributed by atoms with Gasteiger partial charge in [-0.2, -0.15) is 0 Å². The number of carboxylic acid groups (broad SMARTS) is 1. The highest BCUT2D eigenvalue weighted by molar-refractivity contribution is 6.32. The fraction of sp³-hybridized carbons (Fsp3) is 0.607. The molecule has 39 heavy (non-hydrogen) atoms. The molecular formula is C28H42ClNO9. The lowest BCUT2D eigenvalue weighted by atomic mass is 9.85. The molecule has 7 atom stereocenters. The van der Waals surface area contributed by atoms with E-state index in [1.165, 1.54) is 45.4 Å². The largest absolute Gasteiger partial charge is 0.506 e. The second-order valence-corrected chi connectivity index (χ2v) is 10.3. The number of allylic oxidation sites excluding steroid dienone is 1. The predicted octanol–water partition coefficient (Wildman–Crippen LogP) is 2.89. The highest BCUT2D eigenvalue weighted by atomic mass is 35.5. The molecule has 1 rings (SSSR count). The van der Waals surface area contributed by atoms with Crippen molar-refractivity contribution < 1.29 is 44.3 Å². The van der Waals surface area contributed by atoms with Gasteiger partial charge >= 0.3 is 5.97 Å². The molecule has 0 spiro atoms. The zero-order chi connectivity index (χ0) is 29.9. The van der Waals surface area contributed by atoms with Crippen LogP contribution in [0.25, 0.3) is 0 Å². The Hall–Kier alpha value is -2.50. The van der Waals surface area contributed by atoms with E-state index in [0.29, 0.717) is 5.56 Å². The summed E-state index contributed by atoms with van der Waals surface area (Å²) in [4.78, 5) is 37.7. The fourth-order valence-corrected chi connectivity index (χ4v) is 4.48. The van der Waals surface area contributed by atoms with Crippen LogP contribution in [0.4, 0.5) is 0 Å². The Labute approximate surface area is 235 Å². The third-order valence-corrected chi connectivity index (χ3v) is 7.13. The van der Waals surface area contributed by atoms with Crippen molar-refractivity contribution in [3.8, 4) is 5.75 Å². The lowest BCUT2D eigenvalue weighted by Crippen LogP contribution is -2.53. The van der Waals surface area contributed by atoms with Gasteiger partial charge in [-0.3, -0.25) is 9.59 Å². The van der Waals surface area contributed by atoms with Gasteiger partial charge in [0, 0.05) is 26.6 Å². The highest BCUT2D eigenvalue weighted by Gasteiger charge is 2.35. The van der Waals surface area contributed by atoms with Crippen molar-refractivity contribution in [3.63, 3.8) is 0 Å². The third-order valence-electron chi connectivity index (χ3n) is 6.82. The number of aliphatic hydroxyl groups excluding tert-OH is 2. The van der Waals surface area contributed by atoms with E-state index in [2.05, 4.69) is 12.2 Å². The zero-order valence-corrected chi connectivity index (χ0v) is 24.1. The number of hydrogen-bond donors (Lipinski definition) is 5. The Balaban J connectivity index is 3.01. The van der Waals surface area contributed by atoms with Crippen LogP contribution in [0.2, 0.25) is 5.02 Å². The quantitative estimate of drug-likeness (QED) is 0.177. The summed E-state index contributed by atoms with van der Waals surface area (Å²) in [6.07, 6.45) is -1.18. The van der Waals surface area contributed by atoms with E-state index in [-0.39, 0.29) is 34.5 Å². The number of halogens is 1. The second kappa shape index (κ2) is 16.6. The first-order chi connectivity index (χ1) is 18.3. The van der Waals surface area contributed by atoms with E-state index in [0.717, 1.165) is 19.3 Å². The Morgan fingerprint density at radius 2 is 1.74 bits per heavy atom. The minimum Gasteiger partial charge on any atom is -0.506 e. The molecule has 10 nitrogen and oxygen atoms in total. The SMILES string of the molecule is CCCC[C@@H](C)[C@H](O)[C@H](C)C(=O)/C(C)=C/[C@@H](OC)[C@@H](O)[C@@H](OC)C(=O)N[C@H](Cc1ccc(O)c(Cl)c1)C(=O)O. The van der Waals surface area contributed by atoms with Crippen LogP contribution in [-0.2, 0) is 30.3 Å². The molecule has 0 heterocycles. The topological polar surface area (TPSA) is 163 Å². The van der Waals surface area contributed by atoms with E-state index < -0.39 is 48.3 Å². The number of hydrogen-bond acceptors (Lipinski definition) is 8. The normalized spacial score (nSPS) is 17.4. The van der Waals surface area contributed by atoms with Crippen molar-refractivity contribution in [1.82, 2.24) is 5.32 Å². The number of aliphatic carboxylic acids is 1. The summed E-state index contributed by atoms with van der Waals surface area (Å²) in [7, 11) is 2.46. The van der Waals surface area contributed by atoms with E-state index in [1.54, 1.807) is 6.92 Å². The molecule has 5 N–H and O–H groups in total. The average Bonchev–Trinajstić information content (AvgIpc) is 2.90. The maximum Gasteiger partial charge on any atom is 0.326 e. The molecule has 0 fully saturated rings. The van der Waals surface area contributed by atoms with Gasteiger partial charge in [-0.05, 0) is 48.6 Å². The number of unbranched alkanes of at least 4 members (excludes halogenated alkanes) is 1. The molecule has 220 valence electrons. The smallest absolute Gasteiger partial charge is 0.326 e. The second-order valence-electron chi connectivity index (χ2n) is 9.85. The molecule has 11 heteroatoms. The number of amides is 1. The molecule has 0 radical (unpaired) electrons. The standard InChI is InChI=1S/C28H42ClNO9/c1-7-8-9-15(2)23(32)17(4)24(33)16(3)12-22(38-5)25(34)26(39-6)27(35)30-20(28(36)37)14-18-10-11-21(31)19(29)13-18/h10-13,15,17,20,22-23,25-26,31-32,34H,7-9,14H2,1-6H3,(H,30,35)(H,36,37)/b16-12+/t15-,17+,20-,22-,23+,25-,26-/m1/s1. The van der Waals surface area contributed by atoms with Crippen LogP contribution in [0.5, 0.6) is 5.75 Å². The molecule has 0 aromatic heterocycles. The van der Waals surface area contributed by atoms with Crippen molar-refractivity contribution in [1.29, 1.82) is 0 Å². The lowest BCUT2D eigenvalue weighted by Gasteiger charge is -2.28. The summed E-state index contributed by atoms with van der Waals surface area (Å²) in [6.45, 7) is 7.13. The summed E-state index contributed by atoms with van der Waals surface area (Å²) in [5.41, 5.74) is 0.685. The Morgan fingerprint density at radius 3 is 2.26 bits per heavy atom. The van der Waals surface area contributed by atoms with Gasteiger partial charge in [-0.25, -0.2) is 4.79 Å². The molecule has 0 aliphatic heterocycles. The van der Waals surface area contributed by atoms with Gasteiger partial charge in [0.1, 0.15) is 24.0 Å². The molecule has 0 aliphatic rings. The number of aromatic hydroxyl groups is 1. The first-order valence-corrected chi connectivity index (χ1v) is 13.3. The van der Waals surface area contributed by atoms with Gasteiger partial charge in [0.05, 0.1) is 11.1 Å². The van der Waals surface area contributed by atoms with Crippen LogP contribution in [0.15, 0.2) is 29.8 Å². The lowest BCUT2D eigenvalue weighted by molar-refractivity contribution is -0.149. The number of phenols is 1. The highest BCUT2D eigenvalue weighted by Crippen LogP contribution is 2.25. The fourth-order valence-electron chi connectivity index (χ4n) is 4.28. The van der Waals surface area contributed by atoms with Crippen molar-refractivity contribution in [2.45, 2.75) is 83.8 Å². The maximum absolute atomic E-state index is 13.0. The summed E-state index contributed by atoms with van der Waals surface area (Å²) >= 11 is 5.89. The number of ether oxygens (including phenoxy) is 2. The van der Waals surface area contributed by atoms with Gasteiger partial charge in [-0.1, -0.05) is 51.3 Å². The molecule has 0 aliphatic carbocycles. The van der Waals surface area contributed by atoms with Gasteiger partial charge in [0.2, 0.25) is 0 Å². The number of aliphatic hydroxyl groups is 2. The van der Waals surface area contributed by atoms with Crippen LogP contribution in [0.1, 0.15) is 52.5 Å². The molecule has 1 amide bonds. The predicted molar refractivity (Wildman–Crippen MR) is 147 cm³/mol. The number of phenolic OH excluding ortho intramolecular Hbond substituents is 1. The summed E-state index contributed by atoms with van der Waals surface area (Å²) in [5.74, 6) is -3.48. The van der Waals surface area contributed by atoms with E-state index >= 15 is 0 Å². The Bertz CT molecular complexity index is 999. The number of carboxylic acids is 1. The van der Waals surface area contributed by atoms with Crippen molar-refractivity contribution in [2.75, 3.05) is 14.2 Å². The first kappa shape index (κ1) is 34.5. The molecule has 0 saturated heterocycles. The number of carbonyl (C=O) groups excluding carboxylic acids is 2. The molecule has 1 aromatic rings. The van der Waals surface area contributed by atoms with E-state index in [1.807, 2.05) is 6.92 Å². The van der Waals surface area contributed by atoms with Crippen LogP contribution < -0.4 is 5.32 Å². The molecule has 0 saturated carbocycles. The van der Waals surface area contributed by atoms with Crippen LogP contribution in [0.3, 0.4) is 0 Å². The molecule has 0 unspecified atom stereocenters. The first-order valence-electron chi connectivity index (χ1n) is 12.9. The maximum atomic E-state index is 13.0. The van der Waals surface area contributed by atoms with Crippen LogP contribution in [0, 0.1) is 11.8 Å². The van der Waals surface area contributed by atoms with Crippen LogP contribution >= 0.6 is 11.6 Å². The zero-order valence-electron chi connectivity index (χ0n) is 23.4. The Morgan fingerprint density at radius 1 is 1.10 bits per heavy atom. The summed E-state index contributed by atoms with van der Waals surface area (Å²) < 4.78 is 10.5. The number of ketones is 1. The molecule has 0 bridgehead atoms. The van der Waals surface area contributed by atoms with Gasteiger partial charge < -0.3 is 35.2 Å². The number of carbonyl (C=O) groups is 3. The number of methoxy groups -OCH3 is 2. The van der Waals surface area contributed by atoms with Gasteiger partial charge in [0.25, 0.3) is 5.91 Å². The molecule has 1 aromatic carbocycles. The summed E-state index contributed by atoms with van der Waals surface area (Å²) in [6, 6.07) is 2.78. The average molecular weight is 572 g/mol. The van der Waals surface area contributed by atoms with Gasteiger partial charge in [0.15, 0.2) is 11.9 Å². The number of nitrogens with one attached hydrogen (secondary N) is 1. The van der Waals surface area contributed by atoms with Crippen LogP contribution in [-0.4, -0.2) is 82.8 Å². The summed E-state index contributed by atoms with van der Waals surface area (Å²) in [5, 5.41) is 43.1. The third kappa shape index (κ3) is 10.2. The van der Waals surface area contributed by atoms with Gasteiger partial charge in [-0.15, -0.1) is 0 Å². The monoisotopic (exact) mass is 571 g/mol.